The van der Waals surface area contributed by atoms with Crippen LogP contribution in [0.25, 0.3) is 10.9 Å². The van der Waals surface area contributed by atoms with E-state index in [0.717, 1.165) is 22.8 Å². The third kappa shape index (κ3) is 1.62. The zero-order valence-corrected chi connectivity index (χ0v) is 9.51. The second-order valence-corrected chi connectivity index (χ2v) is 3.97. The van der Waals surface area contributed by atoms with Crippen molar-refractivity contribution in [2.45, 2.75) is 6.42 Å². The smallest absolute Gasteiger partial charge is 0.159 e. The number of rotatable bonds is 2. The molecule has 0 aliphatic rings. The highest BCUT2D eigenvalue weighted by atomic mass is 35.5. The molecule has 15 heavy (non-hydrogen) atoms. The van der Waals surface area contributed by atoms with Crippen LogP contribution in [0.2, 0.25) is 10.2 Å². The average Bonchev–Trinajstić information content (AvgIpc) is 2.47. The van der Waals surface area contributed by atoms with Crippen molar-refractivity contribution in [3.8, 4) is 0 Å². The standard InChI is InChI=1S/C10H8Cl2N2O/c1-14-8-3-2-7(11)6(4-5-15)9(8)10(12)13-14/h2-3,5H,4H2,1H3. The van der Waals surface area contributed by atoms with E-state index in [-0.39, 0.29) is 6.42 Å². The minimum atomic E-state index is 0.252. The van der Waals surface area contributed by atoms with Crippen molar-refractivity contribution in [1.82, 2.24) is 9.78 Å². The zero-order valence-electron chi connectivity index (χ0n) is 8.00. The molecule has 0 fully saturated rings. The number of hydrogen-bond donors (Lipinski definition) is 0. The van der Waals surface area contributed by atoms with Crippen LogP contribution >= 0.6 is 23.2 Å². The molecule has 1 aromatic carbocycles. The van der Waals surface area contributed by atoms with Crippen LogP contribution in [0.5, 0.6) is 0 Å². The van der Waals surface area contributed by atoms with Gasteiger partial charge in [-0.05, 0) is 17.7 Å². The van der Waals surface area contributed by atoms with Gasteiger partial charge in [-0.3, -0.25) is 4.68 Å². The number of carbonyl (C=O) groups excluding carboxylic acids is 1. The summed E-state index contributed by atoms with van der Waals surface area (Å²) < 4.78 is 1.67. The van der Waals surface area contributed by atoms with Gasteiger partial charge in [0.15, 0.2) is 5.15 Å². The minimum absolute atomic E-state index is 0.252. The number of fused-ring (bicyclic) bond motifs is 1. The van der Waals surface area contributed by atoms with Gasteiger partial charge in [-0.15, -0.1) is 0 Å². The topological polar surface area (TPSA) is 34.9 Å². The third-order valence-electron chi connectivity index (χ3n) is 2.31. The monoisotopic (exact) mass is 242 g/mol. The van der Waals surface area contributed by atoms with E-state index in [1.807, 2.05) is 6.07 Å². The highest BCUT2D eigenvalue weighted by molar-refractivity contribution is 6.37. The molecule has 78 valence electrons. The molecule has 0 saturated carbocycles. The number of hydrogen-bond acceptors (Lipinski definition) is 2. The lowest BCUT2D eigenvalue weighted by molar-refractivity contribution is -0.107. The van der Waals surface area contributed by atoms with Crippen molar-refractivity contribution in [3.63, 3.8) is 0 Å². The maximum atomic E-state index is 10.6. The number of nitrogens with zero attached hydrogens (tertiary/aromatic N) is 2. The Balaban J connectivity index is 2.85. The second-order valence-electron chi connectivity index (χ2n) is 3.21. The first-order chi connectivity index (χ1) is 7.15. The molecule has 1 aromatic heterocycles. The summed E-state index contributed by atoms with van der Waals surface area (Å²) in [4.78, 5) is 10.6. The summed E-state index contributed by atoms with van der Waals surface area (Å²) in [7, 11) is 1.80. The van der Waals surface area contributed by atoms with E-state index >= 15 is 0 Å². The van der Waals surface area contributed by atoms with Crippen LogP contribution in [0.15, 0.2) is 12.1 Å². The van der Waals surface area contributed by atoms with Crippen LogP contribution in [-0.2, 0) is 18.3 Å². The van der Waals surface area contributed by atoms with Gasteiger partial charge < -0.3 is 4.79 Å². The van der Waals surface area contributed by atoms with Crippen molar-refractivity contribution < 1.29 is 4.79 Å². The van der Waals surface area contributed by atoms with E-state index in [4.69, 9.17) is 23.2 Å². The number of carbonyl (C=O) groups is 1. The fourth-order valence-corrected chi connectivity index (χ4v) is 2.19. The quantitative estimate of drug-likeness (QED) is 0.760. The van der Waals surface area contributed by atoms with E-state index in [0.29, 0.717) is 10.2 Å². The van der Waals surface area contributed by atoms with E-state index in [1.165, 1.54) is 0 Å². The number of aldehydes is 1. The summed E-state index contributed by atoms with van der Waals surface area (Å²) in [6.45, 7) is 0. The van der Waals surface area contributed by atoms with Gasteiger partial charge in [0, 0.05) is 23.9 Å². The largest absolute Gasteiger partial charge is 0.303 e. The number of aryl methyl sites for hydroxylation is 1. The SMILES string of the molecule is Cn1nc(Cl)c2c(CC=O)c(Cl)ccc21. The lowest BCUT2D eigenvalue weighted by Gasteiger charge is -2.02. The van der Waals surface area contributed by atoms with Crippen molar-refractivity contribution in [1.29, 1.82) is 0 Å². The lowest BCUT2D eigenvalue weighted by Crippen LogP contribution is -1.91. The summed E-state index contributed by atoms with van der Waals surface area (Å²) in [6, 6.07) is 3.59. The fraction of sp³-hybridized carbons (Fsp3) is 0.200. The third-order valence-corrected chi connectivity index (χ3v) is 2.93. The molecule has 0 amide bonds. The second kappa shape index (κ2) is 3.83. The molecule has 0 saturated heterocycles. The van der Waals surface area contributed by atoms with Crippen LogP contribution in [0, 0.1) is 0 Å². The molecule has 0 bridgehead atoms. The van der Waals surface area contributed by atoms with Gasteiger partial charge in [0.1, 0.15) is 6.29 Å². The van der Waals surface area contributed by atoms with Crippen molar-refractivity contribution in [3.05, 3.63) is 27.9 Å². The van der Waals surface area contributed by atoms with Crippen LogP contribution in [0.3, 0.4) is 0 Å². The molecular weight excluding hydrogens is 235 g/mol. The molecular formula is C10H8Cl2N2O. The Morgan fingerprint density at radius 2 is 2.20 bits per heavy atom. The predicted molar refractivity (Wildman–Crippen MR) is 60.5 cm³/mol. The van der Waals surface area contributed by atoms with E-state index in [9.17, 15) is 4.79 Å². The first-order valence-corrected chi connectivity index (χ1v) is 5.14. The van der Waals surface area contributed by atoms with Gasteiger partial charge in [0.25, 0.3) is 0 Å². The van der Waals surface area contributed by atoms with E-state index < -0.39 is 0 Å². The summed E-state index contributed by atoms with van der Waals surface area (Å²) in [6.07, 6.45) is 1.06. The Kier molecular flexibility index (Phi) is 2.67. The highest BCUT2D eigenvalue weighted by Crippen LogP contribution is 2.31. The summed E-state index contributed by atoms with van der Waals surface area (Å²) in [5.74, 6) is 0. The predicted octanol–water partition coefficient (Wildman–Crippen LogP) is 2.62. The molecule has 0 aliphatic heterocycles. The highest BCUT2D eigenvalue weighted by Gasteiger charge is 2.13. The zero-order chi connectivity index (χ0) is 11.0. The molecule has 0 aliphatic carbocycles. The van der Waals surface area contributed by atoms with Crippen LogP contribution in [-0.4, -0.2) is 16.1 Å². The van der Waals surface area contributed by atoms with Gasteiger partial charge >= 0.3 is 0 Å². The van der Waals surface area contributed by atoms with Crippen molar-refractivity contribution >= 4 is 40.4 Å². The maximum absolute atomic E-state index is 10.6. The molecule has 0 N–H and O–H groups in total. The first kappa shape index (κ1) is 10.5. The molecule has 0 atom stereocenters. The van der Waals surface area contributed by atoms with Gasteiger partial charge in [0.2, 0.25) is 0 Å². The van der Waals surface area contributed by atoms with E-state index in [1.54, 1.807) is 17.8 Å². The summed E-state index contributed by atoms with van der Waals surface area (Å²) >= 11 is 12.0. The van der Waals surface area contributed by atoms with E-state index in [2.05, 4.69) is 5.10 Å². The maximum Gasteiger partial charge on any atom is 0.159 e. The molecule has 0 spiro atoms. The summed E-state index contributed by atoms with van der Waals surface area (Å²) in [5, 5.41) is 5.77. The Morgan fingerprint density at radius 3 is 2.87 bits per heavy atom. The Labute approximate surface area is 96.6 Å². The Hall–Kier alpha value is -1.06. The minimum Gasteiger partial charge on any atom is -0.303 e. The van der Waals surface area contributed by atoms with Gasteiger partial charge in [-0.25, -0.2) is 0 Å². The Bertz CT molecular complexity index is 534. The first-order valence-electron chi connectivity index (χ1n) is 4.38. The van der Waals surface area contributed by atoms with Crippen molar-refractivity contribution in [2.75, 3.05) is 0 Å². The fourth-order valence-electron chi connectivity index (χ4n) is 1.63. The molecule has 0 unspecified atom stereocenters. The normalized spacial score (nSPS) is 10.9. The van der Waals surface area contributed by atoms with Gasteiger partial charge in [-0.2, -0.15) is 5.10 Å². The summed E-state index contributed by atoms with van der Waals surface area (Å²) in [5.41, 5.74) is 1.61. The molecule has 1 heterocycles. The van der Waals surface area contributed by atoms with Crippen LogP contribution in [0.1, 0.15) is 5.56 Å². The van der Waals surface area contributed by atoms with Gasteiger partial charge in [0.05, 0.1) is 5.52 Å². The Morgan fingerprint density at radius 1 is 1.47 bits per heavy atom. The molecule has 0 radical (unpaired) electrons. The number of aromatic nitrogens is 2. The van der Waals surface area contributed by atoms with Gasteiger partial charge in [-0.1, -0.05) is 23.2 Å². The molecule has 2 aromatic rings. The number of halogens is 2. The number of benzene rings is 1. The molecule has 2 rings (SSSR count). The average molecular weight is 243 g/mol. The van der Waals surface area contributed by atoms with Crippen LogP contribution in [0.4, 0.5) is 0 Å². The van der Waals surface area contributed by atoms with Crippen LogP contribution < -0.4 is 0 Å². The molecule has 5 heteroatoms. The molecule has 3 nitrogen and oxygen atoms in total. The lowest BCUT2D eigenvalue weighted by atomic mass is 10.1. The van der Waals surface area contributed by atoms with Crippen molar-refractivity contribution in [2.24, 2.45) is 7.05 Å².